The molecule has 4 aromatic rings. The predicted molar refractivity (Wildman–Crippen MR) is 142 cm³/mol. The van der Waals surface area contributed by atoms with Crippen LogP contribution in [0.5, 0.6) is 0 Å². The average molecular weight is 519 g/mol. The highest BCUT2D eigenvalue weighted by Gasteiger charge is 2.26. The molecule has 7 nitrogen and oxygen atoms in total. The third-order valence-corrected chi connectivity index (χ3v) is 7.41. The number of halogens is 1. The lowest BCUT2D eigenvalue weighted by Crippen LogP contribution is -2.31. The van der Waals surface area contributed by atoms with Gasteiger partial charge in [-0.1, -0.05) is 48.0 Å². The predicted octanol–water partition coefficient (Wildman–Crippen LogP) is 5.20. The smallest absolute Gasteiger partial charge is 0.267 e. The number of carbonyl (C=O) groups excluding carboxylic acids is 1. The number of carbonyl (C=O) groups is 1. The van der Waals surface area contributed by atoms with Crippen molar-refractivity contribution in [2.45, 2.75) is 18.4 Å². The number of hydrogen-bond donors (Lipinski definition) is 1. The Hall–Kier alpha value is -4.01. The largest absolute Gasteiger partial charge is 0.271 e. The Kier molecular flexibility index (Phi) is 7.77. The fourth-order valence-corrected chi connectivity index (χ4v) is 5.17. The van der Waals surface area contributed by atoms with E-state index >= 15 is 0 Å². The number of nitrogens with one attached hydrogen (secondary N) is 1. The number of nitrogens with zero attached hydrogens (tertiary/aromatic N) is 3. The molecule has 0 aliphatic carbocycles. The molecule has 0 aliphatic rings. The topological polar surface area (TPSA) is 91.7 Å². The number of amides is 1. The van der Waals surface area contributed by atoms with E-state index in [9.17, 15) is 13.2 Å². The number of pyridine rings is 1. The van der Waals surface area contributed by atoms with Gasteiger partial charge in [0.2, 0.25) is 0 Å². The van der Waals surface area contributed by atoms with Gasteiger partial charge in [0, 0.05) is 23.0 Å². The lowest BCUT2D eigenvalue weighted by molar-refractivity contribution is 0.0955. The van der Waals surface area contributed by atoms with Crippen molar-refractivity contribution in [1.29, 1.82) is 0 Å². The van der Waals surface area contributed by atoms with E-state index in [0.29, 0.717) is 21.8 Å². The molecule has 0 atom stereocenters. The van der Waals surface area contributed by atoms with Crippen molar-refractivity contribution < 1.29 is 13.2 Å². The van der Waals surface area contributed by atoms with Gasteiger partial charge in [-0.25, -0.2) is 13.8 Å². The summed E-state index contributed by atoms with van der Waals surface area (Å²) in [5.74, 6) is -0.383. The van der Waals surface area contributed by atoms with E-state index in [1.165, 1.54) is 10.5 Å². The van der Waals surface area contributed by atoms with Crippen LogP contribution in [-0.2, 0) is 16.6 Å². The lowest BCUT2D eigenvalue weighted by Gasteiger charge is -2.26. The van der Waals surface area contributed by atoms with Crippen LogP contribution in [0.2, 0.25) is 5.02 Å². The molecule has 36 heavy (non-hydrogen) atoms. The number of aromatic nitrogens is 1. The summed E-state index contributed by atoms with van der Waals surface area (Å²) >= 11 is 6.22. The minimum absolute atomic E-state index is 0.0561. The molecular weight excluding hydrogens is 496 g/mol. The molecule has 3 aromatic carbocycles. The fourth-order valence-electron chi connectivity index (χ4n) is 3.48. The highest BCUT2D eigenvalue weighted by molar-refractivity contribution is 7.92. The van der Waals surface area contributed by atoms with E-state index in [-0.39, 0.29) is 17.3 Å². The maximum absolute atomic E-state index is 13.6. The molecule has 0 radical (unpaired) electrons. The highest BCUT2D eigenvalue weighted by Crippen LogP contribution is 2.31. The van der Waals surface area contributed by atoms with Crippen molar-refractivity contribution in [1.82, 2.24) is 10.4 Å². The molecule has 0 saturated carbocycles. The van der Waals surface area contributed by atoms with Gasteiger partial charge in [0.1, 0.15) is 0 Å². The summed E-state index contributed by atoms with van der Waals surface area (Å²) in [6.07, 6.45) is 4.79. The number of aryl methyl sites for hydroxylation is 1. The number of hydrogen-bond acceptors (Lipinski definition) is 5. The summed E-state index contributed by atoms with van der Waals surface area (Å²) in [6, 6.07) is 23.6. The van der Waals surface area contributed by atoms with Gasteiger partial charge in [-0.05, 0) is 72.1 Å². The molecule has 182 valence electrons. The summed E-state index contributed by atoms with van der Waals surface area (Å²) in [5.41, 5.74) is 5.63. The van der Waals surface area contributed by atoms with Crippen LogP contribution in [0.15, 0.2) is 107 Å². The van der Waals surface area contributed by atoms with Crippen LogP contribution in [0.1, 0.15) is 27.0 Å². The molecule has 0 spiro atoms. The third kappa shape index (κ3) is 5.97. The van der Waals surface area contributed by atoms with Crippen LogP contribution in [-0.4, -0.2) is 25.5 Å². The summed E-state index contributed by atoms with van der Waals surface area (Å²) < 4.78 is 28.6. The Bertz CT molecular complexity index is 1480. The Labute approximate surface area is 215 Å². The first-order chi connectivity index (χ1) is 17.3. The summed E-state index contributed by atoms with van der Waals surface area (Å²) in [5, 5.41) is 4.39. The van der Waals surface area contributed by atoms with Gasteiger partial charge in [-0.2, -0.15) is 5.10 Å². The van der Waals surface area contributed by atoms with Crippen LogP contribution in [0.25, 0.3) is 0 Å². The molecule has 0 bridgehead atoms. The maximum atomic E-state index is 13.6. The van der Waals surface area contributed by atoms with E-state index in [0.717, 1.165) is 11.1 Å². The van der Waals surface area contributed by atoms with Gasteiger partial charge in [-0.3, -0.25) is 14.1 Å². The second-order valence-electron chi connectivity index (χ2n) is 7.93. The van der Waals surface area contributed by atoms with Crippen LogP contribution in [0, 0.1) is 6.92 Å². The van der Waals surface area contributed by atoms with E-state index in [1.807, 2.05) is 6.92 Å². The molecule has 1 aromatic heterocycles. The second-order valence-corrected chi connectivity index (χ2v) is 10.2. The van der Waals surface area contributed by atoms with Crippen LogP contribution in [0.4, 0.5) is 5.69 Å². The third-order valence-electron chi connectivity index (χ3n) is 5.40. The standard InChI is InChI=1S/C27H23ClN4O3S/c1-20-7-12-24(28)17-26(20)32(36(34,35)25-5-3-2-4-6-25)19-22-8-10-23(11-9-22)27(33)31-30-18-21-13-15-29-16-14-21/h2-18H,19H2,1H3,(H,31,33)/b30-18-. The molecule has 0 saturated heterocycles. The molecule has 0 unspecified atom stereocenters. The van der Waals surface area contributed by atoms with Crippen molar-refractivity contribution in [2.75, 3.05) is 4.31 Å². The van der Waals surface area contributed by atoms with Crippen molar-refractivity contribution in [3.63, 3.8) is 0 Å². The normalized spacial score (nSPS) is 11.4. The quantitative estimate of drug-likeness (QED) is 0.256. The fraction of sp³-hybridized carbons (Fsp3) is 0.0741. The first-order valence-electron chi connectivity index (χ1n) is 11.0. The number of rotatable bonds is 8. The zero-order valence-corrected chi connectivity index (χ0v) is 20.9. The Morgan fingerprint density at radius 3 is 2.39 bits per heavy atom. The van der Waals surface area contributed by atoms with Gasteiger partial charge < -0.3 is 0 Å². The van der Waals surface area contributed by atoms with Crippen LogP contribution >= 0.6 is 11.6 Å². The highest BCUT2D eigenvalue weighted by atomic mass is 35.5. The zero-order chi connectivity index (χ0) is 25.5. The van der Waals surface area contributed by atoms with Gasteiger partial charge in [-0.15, -0.1) is 0 Å². The average Bonchev–Trinajstić information content (AvgIpc) is 2.90. The Balaban J connectivity index is 1.57. The number of sulfonamides is 1. The van der Waals surface area contributed by atoms with Crippen molar-refractivity contribution in [2.24, 2.45) is 5.10 Å². The molecule has 4 rings (SSSR count). The minimum Gasteiger partial charge on any atom is -0.267 e. The van der Waals surface area contributed by atoms with Crippen LogP contribution in [0.3, 0.4) is 0 Å². The molecule has 9 heteroatoms. The number of anilines is 1. The van der Waals surface area contributed by atoms with Crippen molar-refractivity contribution >= 4 is 39.4 Å². The SMILES string of the molecule is Cc1ccc(Cl)cc1N(Cc1ccc(C(=O)N/N=C\c2ccncc2)cc1)S(=O)(=O)c1ccccc1. The first kappa shape index (κ1) is 25.1. The first-order valence-corrected chi connectivity index (χ1v) is 12.8. The summed E-state index contributed by atoms with van der Waals surface area (Å²) in [7, 11) is -3.88. The van der Waals surface area contributed by atoms with Gasteiger partial charge in [0.25, 0.3) is 15.9 Å². The second kappa shape index (κ2) is 11.2. The monoisotopic (exact) mass is 518 g/mol. The molecule has 0 fully saturated rings. The van der Waals surface area contributed by atoms with E-state index < -0.39 is 10.0 Å². The van der Waals surface area contributed by atoms with E-state index in [1.54, 1.807) is 97.3 Å². The molecular formula is C27H23ClN4O3S. The van der Waals surface area contributed by atoms with Gasteiger partial charge in [0.05, 0.1) is 23.3 Å². The van der Waals surface area contributed by atoms with E-state index in [2.05, 4.69) is 15.5 Å². The number of hydrazone groups is 1. The minimum atomic E-state index is -3.88. The maximum Gasteiger partial charge on any atom is 0.271 e. The molecule has 1 amide bonds. The lowest BCUT2D eigenvalue weighted by atomic mass is 10.1. The Morgan fingerprint density at radius 1 is 1.00 bits per heavy atom. The van der Waals surface area contributed by atoms with Crippen LogP contribution < -0.4 is 9.73 Å². The van der Waals surface area contributed by atoms with Crippen molar-refractivity contribution in [3.8, 4) is 0 Å². The van der Waals surface area contributed by atoms with Crippen molar-refractivity contribution in [3.05, 3.63) is 125 Å². The summed E-state index contributed by atoms with van der Waals surface area (Å²) in [4.78, 5) is 16.6. The van der Waals surface area contributed by atoms with E-state index in [4.69, 9.17) is 11.6 Å². The van der Waals surface area contributed by atoms with Gasteiger partial charge >= 0.3 is 0 Å². The Morgan fingerprint density at radius 2 is 1.69 bits per heavy atom. The zero-order valence-electron chi connectivity index (χ0n) is 19.4. The molecule has 0 aliphatic heterocycles. The summed E-state index contributed by atoms with van der Waals surface area (Å²) in [6.45, 7) is 1.89. The van der Waals surface area contributed by atoms with Gasteiger partial charge in [0.15, 0.2) is 0 Å². The molecule has 1 heterocycles. The molecule has 1 N–H and O–H groups in total. The number of benzene rings is 3.